The van der Waals surface area contributed by atoms with Gasteiger partial charge in [-0.1, -0.05) is 86.9 Å². The molecular formula is C35H39FeNO4. The van der Waals surface area contributed by atoms with E-state index in [1.807, 2.05) is 24.3 Å². The summed E-state index contributed by atoms with van der Waals surface area (Å²) in [5, 5.41) is 19.7. The molecule has 216 valence electrons. The van der Waals surface area contributed by atoms with Gasteiger partial charge in [0.05, 0.1) is 11.1 Å². The molecule has 6 rings (SSSR count). The third kappa shape index (κ3) is 7.30. The van der Waals surface area contributed by atoms with Gasteiger partial charge in [0.1, 0.15) is 11.5 Å². The van der Waals surface area contributed by atoms with E-state index < -0.39 is 0 Å². The second-order valence-electron chi connectivity index (χ2n) is 11.2. The zero-order valence-corrected chi connectivity index (χ0v) is 24.6. The first-order valence-corrected chi connectivity index (χ1v) is 14.8. The van der Waals surface area contributed by atoms with Crippen LogP contribution < -0.4 is 0 Å². The van der Waals surface area contributed by atoms with E-state index in [0.717, 1.165) is 36.0 Å². The predicted molar refractivity (Wildman–Crippen MR) is 158 cm³/mol. The number of amides is 2. The van der Waals surface area contributed by atoms with Crippen LogP contribution in [0.4, 0.5) is 0 Å². The summed E-state index contributed by atoms with van der Waals surface area (Å²) >= 11 is 0. The van der Waals surface area contributed by atoms with Crippen LogP contribution in [-0.2, 0) is 17.1 Å². The monoisotopic (exact) mass is 593 g/mol. The molecule has 2 fully saturated rings. The first kappa shape index (κ1) is 30.6. The van der Waals surface area contributed by atoms with E-state index in [1.54, 1.807) is 48.5 Å². The van der Waals surface area contributed by atoms with Crippen molar-refractivity contribution in [2.75, 3.05) is 6.54 Å². The Morgan fingerprint density at radius 2 is 1.10 bits per heavy atom. The number of fused-ring (bicyclic) bond motifs is 1. The molecule has 6 heteroatoms. The van der Waals surface area contributed by atoms with E-state index >= 15 is 0 Å². The summed E-state index contributed by atoms with van der Waals surface area (Å²) in [4.78, 5) is 27.0. The van der Waals surface area contributed by atoms with E-state index in [-0.39, 0.29) is 40.4 Å². The molecule has 2 N–H and O–H groups in total. The molecule has 3 aromatic carbocycles. The fourth-order valence-corrected chi connectivity index (χ4v) is 6.35. The number of phenols is 2. The Morgan fingerprint density at radius 3 is 1.54 bits per heavy atom. The van der Waals surface area contributed by atoms with Crippen LogP contribution >= 0.6 is 0 Å². The molecule has 3 aromatic rings. The Hall–Kier alpha value is -3.34. The van der Waals surface area contributed by atoms with Gasteiger partial charge < -0.3 is 10.2 Å². The molecule has 2 aliphatic carbocycles. The zero-order valence-electron chi connectivity index (χ0n) is 23.5. The zero-order chi connectivity index (χ0) is 27.9. The molecule has 0 unspecified atom stereocenters. The minimum atomic E-state index is -0.214. The summed E-state index contributed by atoms with van der Waals surface area (Å²) in [6, 6.07) is 21.5. The number of carbonyl (C=O) groups excluding carboxylic acids is 2. The van der Waals surface area contributed by atoms with Gasteiger partial charge in [-0.3, -0.25) is 14.5 Å². The van der Waals surface area contributed by atoms with Crippen molar-refractivity contribution in [1.29, 1.82) is 0 Å². The Morgan fingerprint density at radius 1 is 0.659 bits per heavy atom. The van der Waals surface area contributed by atoms with E-state index in [2.05, 4.69) is 0 Å². The first-order valence-electron chi connectivity index (χ1n) is 14.8. The third-order valence-electron chi connectivity index (χ3n) is 8.44. The number of carbonyl (C=O) groups is 2. The second-order valence-corrected chi connectivity index (χ2v) is 11.2. The van der Waals surface area contributed by atoms with Crippen molar-refractivity contribution in [2.45, 2.75) is 70.6 Å². The quantitative estimate of drug-likeness (QED) is 0.214. The fraction of sp³-hybridized carbons (Fsp3) is 0.371. The van der Waals surface area contributed by atoms with Crippen molar-refractivity contribution >= 4 is 17.4 Å². The van der Waals surface area contributed by atoms with Gasteiger partial charge in [-0.15, -0.1) is 0 Å². The largest absolute Gasteiger partial charge is 0.508 e. The number of hydrogen-bond donors (Lipinski definition) is 2. The topological polar surface area (TPSA) is 77.8 Å². The number of imide groups is 1. The summed E-state index contributed by atoms with van der Waals surface area (Å²) in [6.45, 7) is 0.376. The Balaban J connectivity index is 0.000000584. The predicted octanol–water partition coefficient (Wildman–Crippen LogP) is 8.11. The van der Waals surface area contributed by atoms with Crippen molar-refractivity contribution in [2.24, 2.45) is 5.92 Å². The van der Waals surface area contributed by atoms with E-state index in [0.29, 0.717) is 30.0 Å². The van der Waals surface area contributed by atoms with Crippen molar-refractivity contribution in [1.82, 2.24) is 4.90 Å². The molecule has 0 saturated heterocycles. The van der Waals surface area contributed by atoms with Gasteiger partial charge in [0.15, 0.2) is 0 Å². The number of rotatable bonds is 7. The molecule has 3 aliphatic rings. The van der Waals surface area contributed by atoms with Crippen molar-refractivity contribution < 1.29 is 36.9 Å². The molecule has 5 nitrogen and oxygen atoms in total. The van der Waals surface area contributed by atoms with Gasteiger partial charge in [-0.05, 0) is 84.7 Å². The fourth-order valence-electron chi connectivity index (χ4n) is 6.35. The van der Waals surface area contributed by atoms with Crippen LogP contribution in [0.1, 0.15) is 102 Å². The number of phenolic OH excluding ortho intramolecular Hbond substituents is 2. The third-order valence-corrected chi connectivity index (χ3v) is 8.44. The van der Waals surface area contributed by atoms with Gasteiger partial charge in [0, 0.05) is 23.6 Å². The number of benzene rings is 3. The summed E-state index contributed by atoms with van der Waals surface area (Å²) < 4.78 is 0. The molecule has 0 radical (unpaired) electrons. The van der Waals surface area contributed by atoms with Gasteiger partial charge >= 0.3 is 0 Å². The standard InChI is InChI=1S/C30H29NO4.C5H10.Fe/c32-23-15-11-21(12-16-23)28(22-13-17-24(33)18-14-22)25(20-6-1-2-7-20)10-5-19-31-29(34)26-8-3-4-9-27(26)30(31)35;1-2-4-5-3-1;/h3-4,8-9,11-18,20,32-33H,1-2,5-7,10,19H2;1-5H2;. The van der Waals surface area contributed by atoms with Gasteiger partial charge in [0.25, 0.3) is 11.8 Å². The van der Waals surface area contributed by atoms with Crippen LogP contribution in [0, 0.1) is 5.92 Å². The van der Waals surface area contributed by atoms with Crippen LogP contribution in [0.3, 0.4) is 0 Å². The summed E-state index contributed by atoms with van der Waals surface area (Å²) in [5.41, 5.74) is 5.41. The van der Waals surface area contributed by atoms with Gasteiger partial charge in [0.2, 0.25) is 0 Å². The average molecular weight is 594 g/mol. The smallest absolute Gasteiger partial charge is 0.261 e. The molecule has 0 atom stereocenters. The van der Waals surface area contributed by atoms with Crippen LogP contribution in [-0.4, -0.2) is 33.5 Å². The van der Waals surface area contributed by atoms with Crippen LogP contribution in [0.15, 0.2) is 78.4 Å². The minimum absolute atomic E-state index is 0. The second kappa shape index (κ2) is 14.5. The molecule has 1 heterocycles. The SMILES string of the molecule is C1CCCC1.O=C1c2ccccc2C(=O)N1CCCC(=C(c1ccc(O)cc1)c1ccc(O)cc1)C1CCCC1.[Fe]. The maximum Gasteiger partial charge on any atom is 0.261 e. The molecule has 2 amide bonds. The number of nitrogens with zero attached hydrogens (tertiary/aromatic N) is 1. The molecule has 0 bridgehead atoms. The maximum atomic E-state index is 12.8. The molecule has 0 spiro atoms. The van der Waals surface area contributed by atoms with Crippen LogP contribution in [0.25, 0.3) is 5.57 Å². The molecule has 1 aliphatic heterocycles. The summed E-state index contributed by atoms with van der Waals surface area (Å²) in [5.74, 6) is 0.428. The Labute approximate surface area is 253 Å². The van der Waals surface area contributed by atoms with Crippen molar-refractivity contribution in [3.63, 3.8) is 0 Å². The minimum Gasteiger partial charge on any atom is -0.508 e. The number of allylic oxidation sites excluding steroid dienone is 1. The molecule has 0 aromatic heterocycles. The van der Waals surface area contributed by atoms with Gasteiger partial charge in [-0.2, -0.15) is 0 Å². The van der Waals surface area contributed by atoms with E-state index in [4.69, 9.17) is 0 Å². The Kier molecular flexibility index (Phi) is 10.8. The maximum absolute atomic E-state index is 12.8. The van der Waals surface area contributed by atoms with Crippen molar-refractivity contribution in [3.8, 4) is 11.5 Å². The number of hydrogen-bond acceptors (Lipinski definition) is 4. The molecular weight excluding hydrogens is 554 g/mol. The average Bonchev–Trinajstić information content (AvgIpc) is 3.76. The summed E-state index contributed by atoms with van der Waals surface area (Å²) in [7, 11) is 0. The van der Waals surface area contributed by atoms with Crippen molar-refractivity contribution in [3.05, 3.63) is 101 Å². The molecule has 2 saturated carbocycles. The van der Waals surface area contributed by atoms with Crippen LogP contribution in [0.2, 0.25) is 0 Å². The van der Waals surface area contributed by atoms with Gasteiger partial charge in [-0.25, -0.2) is 0 Å². The van der Waals surface area contributed by atoms with Crippen LogP contribution in [0.5, 0.6) is 11.5 Å². The normalized spacial score (nSPS) is 16.1. The number of aromatic hydroxyl groups is 2. The Bertz CT molecular complexity index is 1260. The first-order chi connectivity index (χ1) is 19.5. The van der Waals surface area contributed by atoms with E-state index in [1.165, 1.54) is 55.4 Å². The van der Waals surface area contributed by atoms with E-state index in [9.17, 15) is 19.8 Å². The molecule has 41 heavy (non-hydrogen) atoms. The summed E-state index contributed by atoms with van der Waals surface area (Å²) in [6.07, 6.45) is 13.5.